The average Bonchev–Trinajstić information content (AvgIpc) is 2.68. The first-order valence-electron chi connectivity index (χ1n) is 11.2. The first-order chi connectivity index (χ1) is 14.0. The monoisotopic (exact) mass is 467 g/mol. The summed E-state index contributed by atoms with van der Waals surface area (Å²) in [7, 11) is 0. The molecule has 1 rings (SSSR count). The lowest BCUT2D eigenvalue weighted by atomic mass is 10.0. The van der Waals surface area contributed by atoms with E-state index in [1.54, 1.807) is 12.1 Å². The SMILES string of the molecule is CCCCCCCCCCCOC(=O)C(CC(C)C)NC(=O)c1ccccc1Br. The molecule has 164 valence electrons. The van der Waals surface area contributed by atoms with Crippen LogP contribution < -0.4 is 5.32 Å². The molecule has 1 amide bonds. The summed E-state index contributed by atoms with van der Waals surface area (Å²) in [5.41, 5.74) is 0.521. The first-order valence-corrected chi connectivity index (χ1v) is 12.0. The Morgan fingerprint density at radius 3 is 2.14 bits per heavy atom. The molecule has 29 heavy (non-hydrogen) atoms. The van der Waals surface area contributed by atoms with Gasteiger partial charge in [-0.15, -0.1) is 0 Å². The molecular weight excluding hydrogens is 430 g/mol. The third-order valence-corrected chi connectivity index (χ3v) is 5.60. The van der Waals surface area contributed by atoms with Crippen molar-refractivity contribution < 1.29 is 14.3 Å². The number of nitrogens with one attached hydrogen (secondary N) is 1. The summed E-state index contributed by atoms with van der Waals surface area (Å²) in [6.45, 7) is 6.73. The number of amides is 1. The van der Waals surface area contributed by atoms with Gasteiger partial charge in [0.15, 0.2) is 0 Å². The second-order valence-electron chi connectivity index (χ2n) is 8.13. The van der Waals surface area contributed by atoms with Crippen LogP contribution in [0.4, 0.5) is 0 Å². The van der Waals surface area contributed by atoms with Crippen molar-refractivity contribution in [1.29, 1.82) is 0 Å². The van der Waals surface area contributed by atoms with Gasteiger partial charge >= 0.3 is 5.97 Å². The van der Waals surface area contributed by atoms with Gasteiger partial charge in [0.25, 0.3) is 5.91 Å². The quantitative estimate of drug-likeness (QED) is 0.231. The molecular formula is C24H38BrNO3. The van der Waals surface area contributed by atoms with Gasteiger partial charge in [-0.3, -0.25) is 4.79 Å². The zero-order chi connectivity index (χ0) is 21.5. The van der Waals surface area contributed by atoms with Crippen LogP contribution in [0.5, 0.6) is 0 Å². The van der Waals surface area contributed by atoms with Gasteiger partial charge in [-0.1, -0.05) is 84.3 Å². The standard InChI is InChI=1S/C24H38BrNO3/c1-4-5-6-7-8-9-10-11-14-17-29-24(28)22(18-19(2)3)26-23(27)20-15-12-13-16-21(20)25/h12-13,15-16,19,22H,4-11,14,17-18H2,1-3H3,(H,26,27). The predicted molar refractivity (Wildman–Crippen MR) is 123 cm³/mol. The van der Waals surface area contributed by atoms with Crippen molar-refractivity contribution >= 4 is 27.8 Å². The lowest BCUT2D eigenvalue weighted by Gasteiger charge is -2.20. The van der Waals surface area contributed by atoms with Crippen LogP contribution in [0.25, 0.3) is 0 Å². The number of carbonyl (C=O) groups is 2. The number of halogens is 1. The minimum Gasteiger partial charge on any atom is -0.464 e. The molecule has 0 radical (unpaired) electrons. The van der Waals surface area contributed by atoms with Crippen LogP contribution in [0.3, 0.4) is 0 Å². The Labute approximate surface area is 185 Å². The van der Waals surface area contributed by atoms with E-state index in [1.165, 1.54) is 44.9 Å². The lowest BCUT2D eigenvalue weighted by Crippen LogP contribution is -2.43. The smallest absolute Gasteiger partial charge is 0.328 e. The van der Waals surface area contributed by atoms with Crippen LogP contribution in [0.2, 0.25) is 0 Å². The highest BCUT2D eigenvalue weighted by Crippen LogP contribution is 2.17. The molecule has 0 spiro atoms. The van der Waals surface area contributed by atoms with E-state index < -0.39 is 6.04 Å². The van der Waals surface area contributed by atoms with E-state index in [-0.39, 0.29) is 17.8 Å². The topological polar surface area (TPSA) is 55.4 Å². The number of carbonyl (C=O) groups excluding carboxylic acids is 2. The largest absolute Gasteiger partial charge is 0.464 e. The van der Waals surface area contributed by atoms with E-state index >= 15 is 0 Å². The fourth-order valence-electron chi connectivity index (χ4n) is 3.25. The Kier molecular flexibility index (Phi) is 13.7. The molecule has 0 saturated carbocycles. The van der Waals surface area contributed by atoms with Crippen molar-refractivity contribution in [3.8, 4) is 0 Å². The van der Waals surface area contributed by atoms with Gasteiger partial charge in [0.05, 0.1) is 12.2 Å². The summed E-state index contributed by atoms with van der Waals surface area (Å²) >= 11 is 3.39. The summed E-state index contributed by atoms with van der Waals surface area (Å²) in [6, 6.07) is 6.59. The number of benzene rings is 1. The van der Waals surface area contributed by atoms with Crippen LogP contribution in [-0.4, -0.2) is 24.5 Å². The molecule has 0 aliphatic rings. The molecule has 0 aliphatic carbocycles. The molecule has 1 atom stereocenters. The zero-order valence-corrected chi connectivity index (χ0v) is 19.9. The van der Waals surface area contributed by atoms with Crippen molar-refractivity contribution in [3.63, 3.8) is 0 Å². The molecule has 0 saturated heterocycles. The van der Waals surface area contributed by atoms with Gasteiger partial charge in [0, 0.05) is 4.47 Å². The highest BCUT2D eigenvalue weighted by atomic mass is 79.9. The Morgan fingerprint density at radius 2 is 1.55 bits per heavy atom. The molecule has 0 heterocycles. The van der Waals surface area contributed by atoms with Gasteiger partial charge in [0.2, 0.25) is 0 Å². The third kappa shape index (κ3) is 11.4. The van der Waals surface area contributed by atoms with E-state index in [4.69, 9.17) is 4.74 Å². The van der Waals surface area contributed by atoms with Crippen LogP contribution in [0.15, 0.2) is 28.7 Å². The highest BCUT2D eigenvalue weighted by Gasteiger charge is 2.24. The van der Waals surface area contributed by atoms with Crippen LogP contribution >= 0.6 is 15.9 Å². The number of unbranched alkanes of at least 4 members (excludes halogenated alkanes) is 8. The molecule has 1 aromatic rings. The van der Waals surface area contributed by atoms with Crippen molar-refractivity contribution in [2.75, 3.05) is 6.61 Å². The summed E-state index contributed by atoms with van der Waals surface area (Å²) in [5, 5.41) is 2.85. The molecule has 0 fully saturated rings. The number of hydrogen-bond acceptors (Lipinski definition) is 3. The van der Waals surface area contributed by atoms with Gasteiger partial charge in [-0.2, -0.15) is 0 Å². The normalized spacial score (nSPS) is 12.0. The molecule has 4 nitrogen and oxygen atoms in total. The maximum atomic E-state index is 12.6. The molecule has 0 aromatic heterocycles. The molecule has 0 bridgehead atoms. The van der Waals surface area contributed by atoms with Gasteiger partial charge in [-0.25, -0.2) is 4.79 Å². The van der Waals surface area contributed by atoms with Gasteiger partial charge < -0.3 is 10.1 Å². The molecule has 1 N–H and O–H groups in total. The average molecular weight is 468 g/mol. The van der Waals surface area contributed by atoms with Crippen molar-refractivity contribution in [3.05, 3.63) is 34.3 Å². The first kappa shape index (κ1) is 25.7. The Hall–Kier alpha value is -1.36. The van der Waals surface area contributed by atoms with E-state index in [2.05, 4.69) is 28.2 Å². The van der Waals surface area contributed by atoms with Crippen molar-refractivity contribution in [1.82, 2.24) is 5.32 Å². The second kappa shape index (κ2) is 15.5. The lowest BCUT2D eigenvalue weighted by molar-refractivity contribution is -0.146. The van der Waals surface area contributed by atoms with E-state index in [1.807, 2.05) is 26.0 Å². The van der Waals surface area contributed by atoms with Gasteiger partial charge in [0.1, 0.15) is 6.04 Å². The van der Waals surface area contributed by atoms with Gasteiger partial charge in [-0.05, 0) is 46.8 Å². The molecule has 1 aromatic carbocycles. The number of esters is 1. The van der Waals surface area contributed by atoms with E-state index in [0.29, 0.717) is 23.1 Å². The fourth-order valence-corrected chi connectivity index (χ4v) is 3.72. The molecule has 1 unspecified atom stereocenters. The molecule has 5 heteroatoms. The second-order valence-corrected chi connectivity index (χ2v) is 8.99. The van der Waals surface area contributed by atoms with Crippen molar-refractivity contribution in [2.45, 2.75) is 91.0 Å². The van der Waals surface area contributed by atoms with E-state index in [9.17, 15) is 9.59 Å². The summed E-state index contributed by atoms with van der Waals surface area (Å²) in [4.78, 5) is 25.1. The molecule has 0 aliphatic heterocycles. The van der Waals surface area contributed by atoms with Crippen molar-refractivity contribution in [2.24, 2.45) is 5.92 Å². The van der Waals surface area contributed by atoms with E-state index in [0.717, 1.165) is 12.8 Å². The number of hydrogen-bond donors (Lipinski definition) is 1. The predicted octanol–water partition coefficient (Wildman–Crippen LogP) is 6.67. The summed E-state index contributed by atoms with van der Waals surface area (Å²) in [5.74, 6) is -0.318. The third-order valence-electron chi connectivity index (χ3n) is 4.91. The maximum absolute atomic E-state index is 12.6. The summed E-state index contributed by atoms with van der Waals surface area (Å²) in [6.07, 6.45) is 11.6. The Morgan fingerprint density at radius 1 is 0.966 bits per heavy atom. The maximum Gasteiger partial charge on any atom is 0.328 e. The number of ether oxygens (including phenoxy) is 1. The minimum atomic E-state index is -0.617. The number of rotatable bonds is 15. The minimum absolute atomic E-state index is 0.261. The Balaban J connectivity index is 2.34. The van der Waals surface area contributed by atoms with Crippen LogP contribution in [0, 0.1) is 5.92 Å². The van der Waals surface area contributed by atoms with Crippen LogP contribution in [0.1, 0.15) is 95.3 Å². The fraction of sp³-hybridized carbons (Fsp3) is 0.667. The summed E-state index contributed by atoms with van der Waals surface area (Å²) < 4.78 is 6.18. The van der Waals surface area contributed by atoms with Crippen LogP contribution in [-0.2, 0) is 9.53 Å². The zero-order valence-electron chi connectivity index (χ0n) is 18.3. The Bertz CT molecular complexity index is 604. The highest BCUT2D eigenvalue weighted by molar-refractivity contribution is 9.10.